The SMILES string of the molecule is COC(=O)N[C@H](C(=O)N1[C@@H]2C[C@@H]2C[C@H]1c1nc(-c2ccc3cc(-c4ccc5nc([C@@H]6C[C@H]7C[C@H]7N6C(=O)[C@@H](NC(=O)OC)C6CCCOC6)[nH]c5c4)ccc3c2)c(Cl)[nH]1)C(C)C. The maximum Gasteiger partial charge on any atom is 0.407 e. The number of alkyl carbamates (subject to hydrolysis) is 2. The second kappa shape index (κ2) is 15.9. The first-order valence-corrected chi connectivity index (χ1v) is 22.1. The molecule has 324 valence electrons. The molecule has 4 amide bonds. The molecule has 0 bridgehead atoms. The van der Waals surface area contributed by atoms with Gasteiger partial charge < -0.3 is 44.6 Å². The average Bonchev–Trinajstić information content (AvgIpc) is 3.97. The number of aromatic amines is 2. The van der Waals surface area contributed by atoms with Crippen molar-refractivity contribution in [2.45, 2.75) is 88.6 Å². The van der Waals surface area contributed by atoms with E-state index in [2.05, 4.69) is 63.1 Å². The standard InChI is InChI=1S/C46H51ClN8O7/c1-22(2)37(51-45(58)60-3)43(56)54-33-17-30(33)20-36(54)42-50-38(40(47)53-42)27-10-9-23-14-24(7-8-25(23)15-27)26-11-12-31-32(16-26)49-41(48-31)35-19-29-18-34(29)55(35)44(57)39(52-46(59)61-4)28-6-5-13-62-21-28/h7-12,14-16,22,28-30,33-37,39H,5-6,13,17-21H2,1-4H3,(H,48,49)(H,50,53)(H,51,58)(H,52,59)/t28?,29-,30-,33-,34-,35+,36+,37+,39+/m1/s1. The Balaban J connectivity index is 0.872. The monoisotopic (exact) mass is 862 g/mol. The fourth-order valence-corrected chi connectivity index (χ4v) is 10.6. The van der Waals surface area contributed by atoms with Gasteiger partial charge in [-0.1, -0.05) is 55.8 Å². The zero-order valence-electron chi connectivity index (χ0n) is 35.2. The van der Waals surface area contributed by atoms with Gasteiger partial charge in [0.25, 0.3) is 0 Å². The third kappa shape index (κ3) is 7.32. The molecule has 16 heteroatoms. The Morgan fingerprint density at radius 2 is 1.39 bits per heavy atom. The summed E-state index contributed by atoms with van der Waals surface area (Å²) in [5.74, 6) is 1.69. The highest BCUT2D eigenvalue weighted by atomic mass is 35.5. The van der Waals surface area contributed by atoms with Crippen LogP contribution in [0.5, 0.6) is 0 Å². The van der Waals surface area contributed by atoms with E-state index < -0.39 is 24.3 Å². The lowest BCUT2D eigenvalue weighted by Crippen LogP contribution is -2.54. The van der Waals surface area contributed by atoms with Crippen LogP contribution in [-0.2, 0) is 23.8 Å². The predicted molar refractivity (Wildman–Crippen MR) is 231 cm³/mol. The minimum Gasteiger partial charge on any atom is -0.453 e. The zero-order valence-corrected chi connectivity index (χ0v) is 35.9. The maximum atomic E-state index is 14.3. The highest BCUT2D eigenvalue weighted by Crippen LogP contribution is 2.55. The largest absolute Gasteiger partial charge is 0.453 e. The van der Waals surface area contributed by atoms with Crippen molar-refractivity contribution in [1.82, 2.24) is 40.4 Å². The smallest absolute Gasteiger partial charge is 0.407 e. The summed E-state index contributed by atoms with van der Waals surface area (Å²) in [6.07, 6.45) is 3.87. The van der Waals surface area contributed by atoms with E-state index in [1.54, 1.807) is 0 Å². The summed E-state index contributed by atoms with van der Waals surface area (Å²) < 4.78 is 15.4. The fraction of sp³-hybridized carbons (Fsp3) is 0.478. The molecule has 4 N–H and O–H groups in total. The van der Waals surface area contributed by atoms with Gasteiger partial charge in [-0.05, 0) is 102 Å². The lowest BCUT2D eigenvalue weighted by molar-refractivity contribution is -0.138. The number of imidazole rings is 2. The Morgan fingerprint density at radius 1 is 0.774 bits per heavy atom. The third-order valence-corrected chi connectivity index (χ3v) is 14.0. The van der Waals surface area contributed by atoms with Crippen molar-refractivity contribution in [2.75, 3.05) is 27.4 Å². The van der Waals surface area contributed by atoms with Gasteiger partial charge in [0.15, 0.2) is 0 Å². The van der Waals surface area contributed by atoms with Crippen molar-refractivity contribution in [1.29, 1.82) is 0 Å². The number of likely N-dealkylation sites (tertiary alicyclic amines) is 2. The third-order valence-electron chi connectivity index (χ3n) is 13.8. The summed E-state index contributed by atoms with van der Waals surface area (Å²) >= 11 is 6.84. The number of nitrogens with zero attached hydrogens (tertiary/aromatic N) is 4. The number of rotatable bonds is 10. The van der Waals surface area contributed by atoms with E-state index in [4.69, 9.17) is 35.8 Å². The van der Waals surface area contributed by atoms with Crippen LogP contribution in [0.1, 0.15) is 76.1 Å². The number of methoxy groups -OCH3 is 2. The van der Waals surface area contributed by atoms with E-state index in [0.29, 0.717) is 41.7 Å². The van der Waals surface area contributed by atoms with Gasteiger partial charge in [0, 0.05) is 30.2 Å². The van der Waals surface area contributed by atoms with E-state index in [9.17, 15) is 19.2 Å². The number of ether oxygens (including phenoxy) is 3. The van der Waals surface area contributed by atoms with Crippen molar-refractivity contribution in [3.8, 4) is 22.4 Å². The molecule has 5 fully saturated rings. The summed E-state index contributed by atoms with van der Waals surface area (Å²) in [4.78, 5) is 73.4. The molecular weight excluding hydrogens is 812 g/mol. The van der Waals surface area contributed by atoms with E-state index >= 15 is 0 Å². The molecule has 1 unspecified atom stereocenters. The number of benzene rings is 3. The molecule has 2 aliphatic carbocycles. The molecule has 3 aromatic carbocycles. The van der Waals surface area contributed by atoms with Crippen LogP contribution in [0.3, 0.4) is 0 Å². The van der Waals surface area contributed by atoms with Gasteiger partial charge in [-0.15, -0.1) is 0 Å². The number of H-pyrrole nitrogens is 2. The van der Waals surface area contributed by atoms with Crippen LogP contribution in [0.25, 0.3) is 44.2 Å². The normalized spacial score (nSPS) is 25.9. The van der Waals surface area contributed by atoms with Gasteiger partial charge in [0.1, 0.15) is 34.6 Å². The molecule has 2 aromatic heterocycles. The molecule has 5 heterocycles. The Kier molecular flexibility index (Phi) is 10.4. The van der Waals surface area contributed by atoms with E-state index in [1.165, 1.54) is 14.2 Å². The Labute approximate surface area is 363 Å². The summed E-state index contributed by atoms with van der Waals surface area (Å²) in [7, 11) is 2.60. The first-order chi connectivity index (χ1) is 30.0. The first kappa shape index (κ1) is 40.4. The number of hydrogen-bond acceptors (Lipinski definition) is 9. The molecule has 0 spiro atoms. The van der Waals surface area contributed by atoms with Crippen molar-refractivity contribution < 1.29 is 33.4 Å². The molecular formula is C46H51ClN8O7. The van der Waals surface area contributed by atoms with Gasteiger partial charge in [-0.25, -0.2) is 19.6 Å². The molecule has 9 atom stereocenters. The molecule has 3 aliphatic heterocycles. The Morgan fingerprint density at radius 3 is 2.05 bits per heavy atom. The topological polar surface area (TPSA) is 184 Å². The van der Waals surface area contributed by atoms with Crippen LogP contribution < -0.4 is 10.6 Å². The number of fused-ring (bicyclic) bond motifs is 4. The quantitative estimate of drug-likeness (QED) is 0.112. The Hall–Kier alpha value is -5.67. The van der Waals surface area contributed by atoms with Gasteiger partial charge in [-0.2, -0.15) is 0 Å². The summed E-state index contributed by atoms with van der Waals surface area (Å²) in [5.41, 5.74) is 5.24. The highest BCUT2D eigenvalue weighted by Gasteiger charge is 2.58. The molecule has 15 nitrogen and oxygen atoms in total. The molecule has 5 aromatic rings. The van der Waals surface area contributed by atoms with E-state index in [-0.39, 0.29) is 47.8 Å². The highest BCUT2D eigenvalue weighted by molar-refractivity contribution is 6.32. The lowest BCUT2D eigenvalue weighted by Gasteiger charge is -2.35. The average molecular weight is 863 g/mol. The second-order valence-electron chi connectivity index (χ2n) is 18.0. The van der Waals surface area contributed by atoms with Gasteiger partial charge >= 0.3 is 12.2 Å². The lowest BCUT2D eigenvalue weighted by atomic mass is 9.92. The van der Waals surface area contributed by atoms with E-state index in [1.807, 2.05) is 35.8 Å². The van der Waals surface area contributed by atoms with Crippen molar-refractivity contribution >= 4 is 57.4 Å². The van der Waals surface area contributed by atoms with Gasteiger partial charge in [0.2, 0.25) is 11.8 Å². The summed E-state index contributed by atoms with van der Waals surface area (Å²) in [5, 5.41) is 8.04. The number of nitrogens with one attached hydrogen (secondary N) is 4. The van der Waals surface area contributed by atoms with Crippen molar-refractivity contribution in [2.24, 2.45) is 23.7 Å². The van der Waals surface area contributed by atoms with Gasteiger partial charge in [-0.3, -0.25) is 9.59 Å². The number of piperidine rings is 2. The molecule has 3 saturated heterocycles. The molecule has 0 radical (unpaired) electrons. The number of aromatic nitrogens is 4. The minimum absolute atomic E-state index is 0.105. The van der Waals surface area contributed by atoms with Crippen LogP contribution in [0.15, 0.2) is 54.6 Å². The number of hydrogen-bond donors (Lipinski definition) is 4. The molecule has 5 aliphatic rings. The predicted octanol–water partition coefficient (Wildman–Crippen LogP) is 7.28. The minimum atomic E-state index is -0.731. The van der Waals surface area contributed by atoms with Crippen LogP contribution in [0.4, 0.5) is 9.59 Å². The zero-order chi connectivity index (χ0) is 43.0. The number of carbonyl (C=O) groups excluding carboxylic acids is 4. The second-order valence-corrected chi connectivity index (χ2v) is 18.4. The molecule has 2 saturated carbocycles. The van der Waals surface area contributed by atoms with Crippen LogP contribution in [0.2, 0.25) is 5.15 Å². The number of amides is 4. The summed E-state index contributed by atoms with van der Waals surface area (Å²) in [6, 6.07) is 17.0. The molecule has 10 rings (SSSR count). The molecule has 62 heavy (non-hydrogen) atoms. The first-order valence-electron chi connectivity index (χ1n) is 21.7. The maximum absolute atomic E-state index is 14.3. The number of carbonyl (C=O) groups is 4. The Bertz CT molecular complexity index is 2590. The summed E-state index contributed by atoms with van der Waals surface area (Å²) in [6.45, 7) is 4.88. The fourth-order valence-electron chi connectivity index (χ4n) is 10.3. The van der Waals surface area contributed by atoms with Crippen LogP contribution >= 0.6 is 11.6 Å². The van der Waals surface area contributed by atoms with Gasteiger partial charge in [0.05, 0.1) is 43.9 Å². The van der Waals surface area contributed by atoms with Crippen molar-refractivity contribution in [3.63, 3.8) is 0 Å². The van der Waals surface area contributed by atoms with E-state index in [0.717, 1.165) is 82.8 Å². The van der Waals surface area contributed by atoms with Crippen molar-refractivity contribution in [3.05, 3.63) is 71.4 Å². The number of halogens is 1. The van der Waals surface area contributed by atoms with Crippen LogP contribution in [0, 0.1) is 23.7 Å². The van der Waals surface area contributed by atoms with Crippen LogP contribution in [-0.4, -0.2) is 105 Å².